The largest absolute Gasteiger partial charge is 0.473 e. The van der Waals surface area contributed by atoms with Gasteiger partial charge in [0.1, 0.15) is 5.69 Å². The zero-order valence-electron chi connectivity index (χ0n) is 16.6. The van der Waals surface area contributed by atoms with Crippen LogP contribution >= 0.6 is 11.8 Å². The molecule has 1 fully saturated rings. The van der Waals surface area contributed by atoms with Crippen molar-refractivity contribution in [3.63, 3.8) is 0 Å². The third-order valence-corrected chi connectivity index (χ3v) is 5.29. The maximum atomic E-state index is 11.8. The molecular weight excluding hydrogens is 414 g/mol. The number of esters is 3. The number of aromatic nitrogens is 1. The molecule has 0 N–H and O–H groups in total. The van der Waals surface area contributed by atoms with E-state index in [1.54, 1.807) is 30.5 Å². The van der Waals surface area contributed by atoms with Crippen molar-refractivity contribution in [3.8, 4) is 17.2 Å². The fraction of sp³-hybridized carbons (Fsp3) is 0.400. The maximum absolute atomic E-state index is 11.8. The van der Waals surface area contributed by atoms with E-state index < -0.39 is 41.7 Å². The molecule has 3 heterocycles. The second kappa shape index (κ2) is 9.66. The Hall–Kier alpha value is -3.01. The van der Waals surface area contributed by atoms with Crippen molar-refractivity contribution in [2.45, 2.75) is 44.5 Å². The van der Waals surface area contributed by atoms with Crippen LogP contribution in [0.5, 0.6) is 5.75 Å². The third-order valence-electron chi connectivity index (χ3n) is 4.07. The summed E-state index contributed by atoms with van der Waals surface area (Å²) in [6.07, 6.45) is 0.287. The number of rotatable bonds is 6. The first kappa shape index (κ1) is 21.7. The average molecular weight is 435 g/mol. The minimum atomic E-state index is -1.02. The summed E-state index contributed by atoms with van der Waals surface area (Å²) in [5, 5.41) is 0. The lowest BCUT2D eigenvalue weighted by Crippen LogP contribution is -2.55. The first-order valence-electron chi connectivity index (χ1n) is 9.14. The van der Waals surface area contributed by atoms with Gasteiger partial charge in [-0.05, 0) is 24.3 Å². The van der Waals surface area contributed by atoms with Gasteiger partial charge in [-0.2, -0.15) is 0 Å². The summed E-state index contributed by atoms with van der Waals surface area (Å²) in [6, 6.07) is 6.87. The molecule has 1 saturated heterocycles. The van der Waals surface area contributed by atoms with E-state index in [0.29, 0.717) is 17.2 Å². The van der Waals surface area contributed by atoms with E-state index in [1.165, 1.54) is 38.8 Å². The van der Waals surface area contributed by atoms with Crippen LogP contribution in [0.2, 0.25) is 0 Å². The normalized spacial score (nSPS) is 23.3. The van der Waals surface area contributed by atoms with Crippen molar-refractivity contribution in [2.24, 2.45) is 0 Å². The Bertz CT molecular complexity index is 900. The molecule has 2 aromatic rings. The summed E-state index contributed by atoms with van der Waals surface area (Å²) in [6.45, 7) is 3.72. The average Bonchev–Trinajstić information content (AvgIpc) is 3.20. The van der Waals surface area contributed by atoms with Crippen LogP contribution < -0.4 is 4.74 Å². The summed E-state index contributed by atoms with van der Waals surface area (Å²) < 4.78 is 27.6. The molecule has 0 bridgehead atoms. The van der Waals surface area contributed by atoms with Crippen molar-refractivity contribution < 1.29 is 37.7 Å². The van der Waals surface area contributed by atoms with E-state index in [2.05, 4.69) is 4.98 Å². The molecule has 30 heavy (non-hydrogen) atoms. The molecule has 0 radical (unpaired) electrons. The molecule has 2 aromatic heterocycles. The van der Waals surface area contributed by atoms with Crippen molar-refractivity contribution in [1.82, 2.24) is 4.98 Å². The number of pyridine rings is 1. The van der Waals surface area contributed by atoms with Crippen molar-refractivity contribution >= 4 is 29.7 Å². The van der Waals surface area contributed by atoms with Gasteiger partial charge in [-0.1, -0.05) is 0 Å². The molecule has 1 aliphatic rings. The lowest BCUT2D eigenvalue weighted by Gasteiger charge is -2.40. The first-order valence-corrected chi connectivity index (χ1v) is 10.2. The number of carbonyl (C=O) groups excluding carboxylic acids is 3. The molecule has 0 saturated carbocycles. The Balaban J connectivity index is 1.91. The van der Waals surface area contributed by atoms with Crippen LogP contribution in [0.1, 0.15) is 20.8 Å². The number of furan rings is 1. The number of carbonyl (C=O) groups is 3. The fourth-order valence-electron chi connectivity index (χ4n) is 3.02. The molecule has 3 rings (SSSR count). The number of nitrogens with zero attached hydrogens (tertiary/aromatic N) is 1. The van der Waals surface area contributed by atoms with Crippen LogP contribution in [0.25, 0.3) is 11.5 Å². The molecule has 1 unspecified atom stereocenters. The second-order valence-corrected chi connectivity index (χ2v) is 7.57. The minimum Gasteiger partial charge on any atom is -0.473 e. The molecule has 1 aliphatic heterocycles. The molecule has 0 amide bonds. The Morgan fingerprint density at radius 1 is 1.00 bits per heavy atom. The number of thioether (sulfide) groups is 1. The van der Waals surface area contributed by atoms with E-state index >= 15 is 0 Å². The van der Waals surface area contributed by atoms with Gasteiger partial charge in [0.2, 0.25) is 0 Å². The molecule has 160 valence electrons. The van der Waals surface area contributed by atoms with E-state index in [1.807, 2.05) is 0 Å². The number of ether oxygens (including phenoxy) is 4. The van der Waals surface area contributed by atoms with E-state index in [9.17, 15) is 14.4 Å². The molecule has 0 aliphatic carbocycles. The van der Waals surface area contributed by atoms with Crippen LogP contribution in [-0.2, 0) is 28.6 Å². The van der Waals surface area contributed by atoms with Crippen LogP contribution in [0.15, 0.2) is 41.1 Å². The number of hydrogen-bond donors (Lipinski definition) is 0. The summed E-state index contributed by atoms with van der Waals surface area (Å²) in [7, 11) is 0. The standard InChI is InChI=1S/C20H21NO8S/c1-11(22)26-16-10-30-20(19(28-13(3)24)18(16)27-12(2)23)29-15-6-4-8-21-17(15)14-7-5-9-25-14/h4-9,16,18-20H,10H2,1-3H3/t16-,18+,19-,20?/m1/s1. The lowest BCUT2D eigenvalue weighted by molar-refractivity contribution is -0.186. The van der Waals surface area contributed by atoms with Crippen molar-refractivity contribution in [1.29, 1.82) is 0 Å². The predicted molar refractivity (Wildman–Crippen MR) is 105 cm³/mol. The molecule has 4 atom stereocenters. The third kappa shape index (κ3) is 5.32. The van der Waals surface area contributed by atoms with Gasteiger partial charge < -0.3 is 23.4 Å². The van der Waals surface area contributed by atoms with Gasteiger partial charge in [-0.3, -0.25) is 14.4 Å². The van der Waals surface area contributed by atoms with E-state index in [4.69, 9.17) is 23.4 Å². The first-order chi connectivity index (χ1) is 14.3. The Morgan fingerprint density at radius 3 is 2.33 bits per heavy atom. The van der Waals surface area contributed by atoms with Crippen LogP contribution in [0.4, 0.5) is 0 Å². The Kier molecular flexibility index (Phi) is 6.99. The van der Waals surface area contributed by atoms with Crippen LogP contribution in [-0.4, -0.2) is 52.4 Å². The molecular formula is C20H21NO8S. The van der Waals surface area contributed by atoms with Gasteiger partial charge in [0.25, 0.3) is 0 Å². The van der Waals surface area contributed by atoms with Gasteiger partial charge in [0, 0.05) is 32.7 Å². The monoisotopic (exact) mass is 435 g/mol. The quantitative estimate of drug-likeness (QED) is 0.495. The lowest BCUT2D eigenvalue weighted by atomic mass is 10.1. The Labute approximate surface area is 177 Å². The van der Waals surface area contributed by atoms with Crippen molar-refractivity contribution in [2.75, 3.05) is 5.75 Å². The van der Waals surface area contributed by atoms with E-state index in [0.717, 1.165) is 0 Å². The minimum absolute atomic E-state index is 0.274. The number of hydrogen-bond acceptors (Lipinski definition) is 10. The van der Waals surface area contributed by atoms with Crippen LogP contribution in [0.3, 0.4) is 0 Å². The highest BCUT2D eigenvalue weighted by Crippen LogP contribution is 2.36. The summed E-state index contributed by atoms with van der Waals surface area (Å²) in [5.74, 6) is -0.550. The van der Waals surface area contributed by atoms with Gasteiger partial charge in [-0.15, -0.1) is 11.8 Å². The predicted octanol–water partition coefficient (Wildman–Crippen LogP) is 2.59. The summed E-state index contributed by atoms with van der Waals surface area (Å²) in [4.78, 5) is 39.2. The fourth-order valence-corrected chi connectivity index (χ4v) is 4.23. The highest BCUT2D eigenvalue weighted by molar-refractivity contribution is 7.99. The smallest absolute Gasteiger partial charge is 0.303 e. The molecule has 9 nitrogen and oxygen atoms in total. The topological polar surface area (TPSA) is 114 Å². The zero-order chi connectivity index (χ0) is 21.7. The zero-order valence-corrected chi connectivity index (χ0v) is 17.4. The highest BCUT2D eigenvalue weighted by Gasteiger charge is 2.47. The second-order valence-electron chi connectivity index (χ2n) is 6.44. The highest BCUT2D eigenvalue weighted by atomic mass is 32.2. The maximum Gasteiger partial charge on any atom is 0.303 e. The SMILES string of the molecule is CC(=O)O[C@H]1[C@H](OC(C)=O)CSC(Oc2cccnc2-c2ccco2)[C@@H]1OC(C)=O. The summed E-state index contributed by atoms with van der Waals surface area (Å²) in [5.41, 5.74) is -0.279. The molecule has 10 heteroatoms. The van der Waals surface area contributed by atoms with Gasteiger partial charge in [0.05, 0.1) is 6.26 Å². The van der Waals surface area contributed by atoms with E-state index in [-0.39, 0.29) is 5.75 Å². The van der Waals surface area contributed by atoms with Crippen molar-refractivity contribution in [3.05, 3.63) is 36.7 Å². The van der Waals surface area contributed by atoms with Gasteiger partial charge in [-0.25, -0.2) is 4.98 Å². The van der Waals surface area contributed by atoms with Gasteiger partial charge >= 0.3 is 17.9 Å². The van der Waals surface area contributed by atoms with Gasteiger partial charge in [0.15, 0.2) is 35.3 Å². The Morgan fingerprint density at radius 2 is 1.70 bits per heavy atom. The summed E-state index contributed by atoms with van der Waals surface area (Å²) >= 11 is 1.27. The molecule has 0 spiro atoms. The van der Waals surface area contributed by atoms with Crippen LogP contribution in [0, 0.1) is 0 Å². The molecule has 0 aromatic carbocycles.